The van der Waals surface area contributed by atoms with Crippen LogP contribution in [-0.4, -0.2) is 9.55 Å². The molecule has 2 atom stereocenters. The van der Waals surface area contributed by atoms with Crippen LogP contribution >= 0.6 is 0 Å². The predicted octanol–water partition coefficient (Wildman–Crippen LogP) is 7.31. The van der Waals surface area contributed by atoms with E-state index in [-0.39, 0.29) is 0 Å². The fourth-order valence-electron chi connectivity index (χ4n) is 6.67. The Morgan fingerprint density at radius 2 is 1.85 bits per heavy atom. The van der Waals surface area contributed by atoms with Gasteiger partial charge in [-0.1, -0.05) is 92.6 Å². The van der Waals surface area contributed by atoms with Gasteiger partial charge in [0.05, 0.1) is 16.4 Å². The standard InChI is InChI=1S/C37H34N2/c1-25-12-9-21-35-36(22-25)39(29-15-5-3-4-6-16-29)37(38-35)28-14-10-13-27(24-28)31-19-11-20-33-32-18-8-7-17-30(32)26(2)23-34(31)33/h3,5,7,10-11,13-15,17,19-22,24-26H,4,8-9,12,18,23H2,1-2H3. The summed E-state index contributed by atoms with van der Waals surface area (Å²) >= 11 is 0. The molecule has 4 aliphatic rings. The third kappa shape index (κ3) is 4.27. The van der Waals surface area contributed by atoms with Crippen molar-refractivity contribution in [3.05, 3.63) is 100 Å². The number of fused-ring (bicyclic) bond motifs is 3. The van der Waals surface area contributed by atoms with Gasteiger partial charge in [-0.15, -0.1) is 0 Å². The maximum absolute atomic E-state index is 5.24. The zero-order chi connectivity index (χ0) is 26.3. The molecule has 0 bridgehead atoms. The van der Waals surface area contributed by atoms with Crippen LogP contribution < -0.4 is 10.7 Å². The Morgan fingerprint density at radius 1 is 0.974 bits per heavy atom. The molecule has 2 nitrogen and oxygen atoms in total. The van der Waals surface area contributed by atoms with Crippen molar-refractivity contribution in [1.82, 2.24) is 9.55 Å². The van der Waals surface area contributed by atoms with Gasteiger partial charge in [0, 0.05) is 12.0 Å². The van der Waals surface area contributed by atoms with Gasteiger partial charge in [0.15, 0.2) is 0 Å². The smallest absolute Gasteiger partial charge is 0.146 e. The second-order valence-corrected chi connectivity index (χ2v) is 11.3. The van der Waals surface area contributed by atoms with Gasteiger partial charge < -0.3 is 0 Å². The number of imidazole rings is 1. The van der Waals surface area contributed by atoms with E-state index in [0.717, 1.165) is 61.0 Å². The Morgan fingerprint density at radius 3 is 2.79 bits per heavy atom. The normalized spacial score (nSPS) is 21.2. The monoisotopic (exact) mass is 506 g/mol. The zero-order valence-corrected chi connectivity index (χ0v) is 22.9. The minimum atomic E-state index is 0.499. The van der Waals surface area contributed by atoms with E-state index in [1.165, 1.54) is 33.2 Å². The molecule has 0 amide bonds. The Labute approximate surface area is 231 Å². The number of rotatable bonds is 3. The first kappa shape index (κ1) is 24.0. The number of hydrogen-bond acceptors (Lipinski definition) is 1. The van der Waals surface area contributed by atoms with E-state index in [0.29, 0.717) is 11.8 Å². The number of benzene rings is 2. The van der Waals surface area contributed by atoms with Gasteiger partial charge in [-0.3, -0.25) is 4.57 Å². The molecule has 192 valence electrons. The molecular weight excluding hydrogens is 472 g/mol. The van der Waals surface area contributed by atoms with Gasteiger partial charge in [-0.05, 0) is 95.4 Å². The summed E-state index contributed by atoms with van der Waals surface area (Å²) in [6.45, 7) is 4.69. The van der Waals surface area contributed by atoms with Crippen LogP contribution in [-0.2, 0) is 6.42 Å². The molecule has 39 heavy (non-hydrogen) atoms. The predicted molar refractivity (Wildman–Crippen MR) is 164 cm³/mol. The SMILES string of the molecule is CC1C=c2c(nc(-c3cccc(-c4cccc5c4CC(C)C4=C5CCC=C4)c3)n2C2=CC=CCC#C2)=CCC1. The first-order valence-electron chi connectivity index (χ1n) is 14.5. The molecule has 1 heterocycles. The van der Waals surface area contributed by atoms with E-state index >= 15 is 0 Å². The highest BCUT2D eigenvalue weighted by atomic mass is 15.1. The second-order valence-electron chi connectivity index (χ2n) is 11.3. The largest absolute Gasteiger partial charge is 0.285 e. The van der Waals surface area contributed by atoms with Crippen LogP contribution in [0.3, 0.4) is 0 Å². The van der Waals surface area contributed by atoms with Crippen molar-refractivity contribution in [2.24, 2.45) is 11.8 Å². The Hall–Kier alpha value is -4.09. The van der Waals surface area contributed by atoms with Gasteiger partial charge in [0.1, 0.15) is 5.82 Å². The van der Waals surface area contributed by atoms with Crippen LogP contribution in [0.15, 0.2) is 78.4 Å². The summed E-state index contributed by atoms with van der Waals surface area (Å²) in [5.74, 6) is 8.75. The lowest BCUT2D eigenvalue weighted by molar-refractivity contribution is 0.674. The van der Waals surface area contributed by atoms with Crippen molar-refractivity contribution in [3.63, 3.8) is 0 Å². The molecule has 2 aromatic carbocycles. The summed E-state index contributed by atoms with van der Waals surface area (Å²) in [6.07, 6.45) is 22.1. The molecular formula is C37H34N2. The average Bonchev–Trinajstić information content (AvgIpc) is 3.12. The molecule has 0 radical (unpaired) electrons. The minimum Gasteiger partial charge on any atom is -0.285 e. The first-order valence-corrected chi connectivity index (χ1v) is 14.5. The van der Waals surface area contributed by atoms with Crippen LogP contribution in [0.4, 0.5) is 0 Å². The van der Waals surface area contributed by atoms with E-state index in [1.54, 1.807) is 5.57 Å². The summed E-state index contributed by atoms with van der Waals surface area (Å²) in [5.41, 5.74) is 10.8. The Balaban J connectivity index is 1.41. The lowest BCUT2D eigenvalue weighted by Gasteiger charge is -2.30. The third-order valence-electron chi connectivity index (χ3n) is 8.59. The summed E-state index contributed by atoms with van der Waals surface area (Å²) in [5, 5.41) is 2.25. The summed E-state index contributed by atoms with van der Waals surface area (Å²) in [7, 11) is 0. The third-order valence-corrected chi connectivity index (χ3v) is 8.59. The van der Waals surface area contributed by atoms with Crippen LogP contribution in [0.1, 0.15) is 57.1 Å². The van der Waals surface area contributed by atoms with Crippen LogP contribution in [0.5, 0.6) is 0 Å². The zero-order valence-electron chi connectivity index (χ0n) is 22.9. The minimum absolute atomic E-state index is 0.499. The molecule has 0 aliphatic heterocycles. The van der Waals surface area contributed by atoms with Crippen molar-refractivity contribution in [1.29, 1.82) is 0 Å². The van der Waals surface area contributed by atoms with E-state index in [4.69, 9.17) is 4.98 Å². The fraction of sp³-hybridized carbons (Fsp3) is 0.270. The summed E-state index contributed by atoms with van der Waals surface area (Å²) in [4.78, 5) is 5.24. The number of nitrogens with zero attached hydrogens (tertiary/aromatic N) is 2. The average molecular weight is 507 g/mol. The van der Waals surface area contributed by atoms with E-state index in [2.05, 4.69) is 115 Å². The van der Waals surface area contributed by atoms with E-state index in [1.807, 2.05) is 0 Å². The van der Waals surface area contributed by atoms with Crippen LogP contribution in [0.2, 0.25) is 0 Å². The van der Waals surface area contributed by atoms with Gasteiger partial charge >= 0.3 is 0 Å². The molecule has 0 saturated carbocycles. The van der Waals surface area contributed by atoms with Gasteiger partial charge in [-0.2, -0.15) is 0 Å². The molecule has 0 fully saturated rings. The maximum atomic E-state index is 5.24. The summed E-state index contributed by atoms with van der Waals surface area (Å²) < 4.78 is 2.30. The molecule has 0 spiro atoms. The first-order chi connectivity index (χ1) is 19.2. The highest BCUT2D eigenvalue weighted by Gasteiger charge is 2.26. The number of hydrogen-bond donors (Lipinski definition) is 0. The molecule has 0 saturated heterocycles. The van der Waals surface area contributed by atoms with Crippen LogP contribution in [0, 0.1) is 23.7 Å². The van der Waals surface area contributed by atoms with Crippen molar-refractivity contribution < 1.29 is 0 Å². The quantitative estimate of drug-likeness (QED) is 0.341. The van der Waals surface area contributed by atoms with Crippen molar-refractivity contribution in [2.75, 3.05) is 0 Å². The fourth-order valence-corrected chi connectivity index (χ4v) is 6.67. The lowest BCUT2D eigenvalue weighted by atomic mass is 9.74. The number of aromatic nitrogens is 2. The van der Waals surface area contributed by atoms with Crippen molar-refractivity contribution in [3.8, 4) is 34.4 Å². The van der Waals surface area contributed by atoms with Gasteiger partial charge in [0.25, 0.3) is 0 Å². The number of allylic oxidation sites excluding steroid dienone is 8. The highest BCUT2D eigenvalue weighted by Crippen LogP contribution is 2.43. The molecule has 3 aromatic rings. The molecule has 2 heteroatoms. The Bertz CT molecular complexity index is 1790. The van der Waals surface area contributed by atoms with Gasteiger partial charge in [-0.25, -0.2) is 4.98 Å². The second kappa shape index (κ2) is 9.90. The molecule has 1 aromatic heterocycles. The molecule has 4 aliphatic carbocycles. The van der Waals surface area contributed by atoms with E-state index < -0.39 is 0 Å². The Kier molecular flexibility index (Phi) is 6.09. The molecule has 7 rings (SSSR count). The molecule has 2 unspecified atom stereocenters. The van der Waals surface area contributed by atoms with Gasteiger partial charge in [0.2, 0.25) is 0 Å². The lowest BCUT2D eigenvalue weighted by Crippen LogP contribution is -2.29. The van der Waals surface area contributed by atoms with Crippen molar-refractivity contribution in [2.45, 2.75) is 52.4 Å². The highest BCUT2D eigenvalue weighted by molar-refractivity contribution is 5.84. The topological polar surface area (TPSA) is 17.8 Å². The van der Waals surface area contributed by atoms with Crippen molar-refractivity contribution >= 4 is 23.4 Å². The molecule has 0 N–H and O–H groups in total. The van der Waals surface area contributed by atoms with E-state index in [9.17, 15) is 0 Å². The maximum Gasteiger partial charge on any atom is 0.146 e. The summed E-state index contributed by atoms with van der Waals surface area (Å²) in [6, 6.07) is 15.9. The van der Waals surface area contributed by atoms with Crippen LogP contribution in [0.25, 0.3) is 45.9 Å².